The van der Waals surface area contributed by atoms with Crippen molar-refractivity contribution in [3.05, 3.63) is 60.5 Å². The molecule has 3 aromatic rings. The van der Waals surface area contributed by atoms with E-state index in [2.05, 4.69) is 20.1 Å². The number of likely N-dealkylation sites (tertiary alicyclic amines) is 1. The molecule has 26 heavy (non-hydrogen) atoms. The van der Waals surface area contributed by atoms with E-state index in [4.69, 9.17) is 4.52 Å². The van der Waals surface area contributed by atoms with Crippen molar-refractivity contribution >= 4 is 5.91 Å². The van der Waals surface area contributed by atoms with Crippen LogP contribution < -0.4 is 0 Å². The predicted molar refractivity (Wildman–Crippen MR) is 85.1 cm³/mol. The zero-order valence-corrected chi connectivity index (χ0v) is 13.4. The van der Waals surface area contributed by atoms with Gasteiger partial charge in [-0.15, -0.1) is 0 Å². The lowest BCUT2D eigenvalue weighted by Crippen LogP contribution is -2.33. The highest BCUT2D eigenvalue weighted by Gasteiger charge is 2.50. The number of carbonyl (C=O) groups excluding carboxylic acids is 1. The van der Waals surface area contributed by atoms with Crippen molar-refractivity contribution in [1.82, 2.24) is 25.0 Å². The number of hydrogen-bond acceptors (Lipinski definition) is 6. The molecule has 0 radical (unpaired) electrons. The lowest BCUT2D eigenvalue weighted by Gasteiger charge is -2.20. The van der Waals surface area contributed by atoms with Gasteiger partial charge in [0.1, 0.15) is 11.7 Å². The molecule has 0 aliphatic carbocycles. The van der Waals surface area contributed by atoms with Crippen LogP contribution in [-0.4, -0.2) is 43.4 Å². The SMILES string of the molecule is O=C(c1ccccn1)N1CC(F)(F)C[C@H]1c1nc(-c2ccncc2)no1. The molecule has 0 bridgehead atoms. The molecular weight excluding hydrogens is 344 g/mol. The Kier molecular flexibility index (Phi) is 3.90. The second-order valence-corrected chi connectivity index (χ2v) is 5.92. The maximum Gasteiger partial charge on any atom is 0.273 e. The number of halogens is 2. The summed E-state index contributed by atoms with van der Waals surface area (Å²) >= 11 is 0. The number of amides is 1. The van der Waals surface area contributed by atoms with Crippen LogP contribution in [0.15, 0.2) is 53.4 Å². The van der Waals surface area contributed by atoms with Crippen molar-refractivity contribution in [3.8, 4) is 11.4 Å². The normalized spacial score (nSPS) is 18.8. The predicted octanol–water partition coefficient (Wildman–Crippen LogP) is 2.75. The van der Waals surface area contributed by atoms with Crippen LogP contribution >= 0.6 is 0 Å². The average Bonchev–Trinajstić information content (AvgIpc) is 3.27. The molecule has 0 N–H and O–H groups in total. The van der Waals surface area contributed by atoms with Crippen molar-refractivity contribution < 1.29 is 18.1 Å². The van der Waals surface area contributed by atoms with Gasteiger partial charge in [-0.2, -0.15) is 4.98 Å². The summed E-state index contributed by atoms with van der Waals surface area (Å²) < 4.78 is 33.2. The summed E-state index contributed by atoms with van der Waals surface area (Å²) in [5.41, 5.74) is 0.728. The number of hydrogen-bond donors (Lipinski definition) is 0. The minimum Gasteiger partial charge on any atom is -0.337 e. The van der Waals surface area contributed by atoms with Gasteiger partial charge in [-0.25, -0.2) is 8.78 Å². The molecule has 3 aromatic heterocycles. The smallest absolute Gasteiger partial charge is 0.273 e. The highest BCUT2D eigenvalue weighted by atomic mass is 19.3. The van der Waals surface area contributed by atoms with Crippen molar-refractivity contribution in [1.29, 1.82) is 0 Å². The van der Waals surface area contributed by atoms with Crippen LogP contribution in [0.5, 0.6) is 0 Å². The summed E-state index contributed by atoms with van der Waals surface area (Å²) in [7, 11) is 0. The standard InChI is InChI=1S/C17H13F2N5O2/c18-17(19)9-13(24(10-17)16(25)12-3-1-2-6-21-12)15-22-14(23-26-15)11-4-7-20-8-5-11/h1-8,13H,9-10H2/t13-/m0/s1. The minimum atomic E-state index is -3.04. The molecule has 0 spiro atoms. The summed E-state index contributed by atoms with van der Waals surface area (Å²) in [6, 6.07) is 7.08. The van der Waals surface area contributed by atoms with E-state index in [9.17, 15) is 13.6 Å². The molecule has 1 saturated heterocycles. The molecule has 0 aromatic carbocycles. The maximum atomic E-state index is 14.0. The van der Waals surface area contributed by atoms with Crippen LogP contribution in [0, 0.1) is 0 Å². The summed E-state index contributed by atoms with van der Waals surface area (Å²) in [5, 5.41) is 3.83. The first-order valence-corrected chi connectivity index (χ1v) is 7.87. The summed E-state index contributed by atoms with van der Waals surface area (Å²) in [6.45, 7) is -0.722. The average molecular weight is 357 g/mol. The Morgan fingerprint density at radius 3 is 2.73 bits per heavy atom. The summed E-state index contributed by atoms with van der Waals surface area (Å²) in [5.74, 6) is -3.42. The van der Waals surface area contributed by atoms with Crippen LogP contribution in [0.1, 0.15) is 28.8 Å². The third kappa shape index (κ3) is 3.03. The van der Waals surface area contributed by atoms with E-state index in [-0.39, 0.29) is 17.4 Å². The second kappa shape index (κ2) is 6.25. The van der Waals surface area contributed by atoms with Gasteiger partial charge in [0.05, 0.1) is 6.54 Å². The van der Waals surface area contributed by atoms with Crippen LogP contribution in [-0.2, 0) is 0 Å². The van der Waals surface area contributed by atoms with Crippen LogP contribution in [0.4, 0.5) is 8.78 Å². The maximum absolute atomic E-state index is 14.0. The molecule has 9 heteroatoms. The largest absolute Gasteiger partial charge is 0.337 e. The molecule has 1 aliphatic rings. The third-order valence-electron chi connectivity index (χ3n) is 4.08. The number of nitrogens with zero attached hydrogens (tertiary/aromatic N) is 5. The van der Waals surface area contributed by atoms with Crippen molar-refractivity contribution in [2.24, 2.45) is 0 Å². The first kappa shape index (κ1) is 16.2. The summed E-state index contributed by atoms with van der Waals surface area (Å²) in [6.07, 6.45) is 3.98. The van der Waals surface area contributed by atoms with Gasteiger partial charge in [0, 0.05) is 30.6 Å². The van der Waals surface area contributed by atoms with E-state index in [1.807, 2.05) is 0 Å². The zero-order chi connectivity index (χ0) is 18.1. The number of rotatable bonds is 3. The summed E-state index contributed by atoms with van der Waals surface area (Å²) in [4.78, 5) is 25.7. The van der Waals surface area contributed by atoms with E-state index in [0.717, 1.165) is 4.90 Å². The van der Waals surface area contributed by atoms with E-state index < -0.39 is 30.8 Å². The van der Waals surface area contributed by atoms with Crippen molar-refractivity contribution in [2.75, 3.05) is 6.54 Å². The van der Waals surface area contributed by atoms with Crippen molar-refractivity contribution in [3.63, 3.8) is 0 Å². The molecule has 1 amide bonds. The van der Waals surface area contributed by atoms with E-state index in [0.29, 0.717) is 5.56 Å². The molecular formula is C17H13F2N5O2. The van der Waals surface area contributed by atoms with Gasteiger partial charge >= 0.3 is 0 Å². The van der Waals surface area contributed by atoms with Gasteiger partial charge in [0.25, 0.3) is 11.8 Å². The van der Waals surface area contributed by atoms with Gasteiger partial charge in [-0.1, -0.05) is 11.2 Å². The highest BCUT2D eigenvalue weighted by molar-refractivity contribution is 5.92. The fraction of sp³-hybridized carbons (Fsp3) is 0.235. The molecule has 7 nitrogen and oxygen atoms in total. The monoisotopic (exact) mass is 357 g/mol. The molecule has 1 atom stereocenters. The van der Waals surface area contributed by atoms with E-state index in [1.165, 1.54) is 12.3 Å². The molecule has 1 aliphatic heterocycles. The molecule has 0 unspecified atom stereocenters. The van der Waals surface area contributed by atoms with Gasteiger partial charge in [0.2, 0.25) is 11.7 Å². The lowest BCUT2D eigenvalue weighted by atomic mass is 10.2. The van der Waals surface area contributed by atoms with Gasteiger partial charge in [-0.3, -0.25) is 14.8 Å². The fourth-order valence-electron chi connectivity index (χ4n) is 2.88. The second-order valence-electron chi connectivity index (χ2n) is 5.92. The minimum absolute atomic E-state index is 0.0294. The Morgan fingerprint density at radius 1 is 1.19 bits per heavy atom. The van der Waals surface area contributed by atoms with Crippen LogP contribution in [0.2, 0.25) is 0 Å². The Bertz CT molecular complexity index is 917. The molecule has 132 valence electrons. The molecule has 1 fully saturated rings. The quantitative estimate of drug-likeness (QED) is 0.717. The molecule has 4 rings (SSSR count). The number of aromatic nitrogens is 4. The Balaban J connectivity index is 1.66. The Labute approximate surface area is 146 Å². The lowest BCUT2D eigenvalue weighted by molar-refractivity contribution is 0.0116. The first-order chi connectivity index (χ1) is 12.5. The van der Waals surface area contributed by atoms with Crippen LogP contribution in [0.25, 0.3) is 11.4 Å². The zero-order valence-electron chi connectivity index (χ0n) is 13.4. The topological polar surface area (TPSA) is 85.0 Å². The Morgan fingerprint density at radius 2 is 2.00 bits per heavy atom. The van der Waals surface area contributed by atoms with Gasteiger partial charge in [0.15, 0.2) is 0 Å². The fourth-order valence-corrected chi connectivity index (χ4v) is 2.88. The van der Waals surface area contributed by atoms with E-state index >= 15 is 0 Å². The van der Waals surface area contributed by atoms with Gasteiger partial charge < -0.3 is 9.42 Å². The third-order valence-corrected chi connectivity index (χ3v) is 4.08. The van der Waals surface area contributed by atoms with Crippen molar-refractivity contribution in [2.45, 2.75) is 18.4 Å². The number of pyridine rings is 2. The Hall–Kier alpha value is -3.23. The van der Waals surface area contributed by atoms with Gasteiger partial charge in [-0.05, 0) is 24.3 Å². The molecule has 0 saturated carbocycles. The van der Waals surface area contributed by atoms with Crippen LogP contribution in [0.3, 0.4) is 0 Å². The highest BCUT2D eigenvalue weighted by Crippen LogP contribution is 2.41. The number of alkyl halides is 2. The number of carbonyl (C=O) groups is 1. The first-order valence-electron chi connectivity index (χ1n) is 7.87. The van der Waals surface area contributed by atoms with E-state index in [1.54, 1.807) is 36.7 Å². The molecule has 4 heterocycles.